The van der Waals surface area contributed by atoms with E-state index in [9.17, 15) is 4.79 Å². The second-order valence-corrected chi connectivity index (χ2v) is 6.64. The highest BCUT2D eigenvalue weighted by Gasteiger charge is 2.04. The topological polar surface area (TPSA) is 66.6 Å². The van der Waals surface area contributed by atoms with E-state index in [1.807, 2.05) is 61.5 Å². The number of benzene rings is 2. The molecule has 0 atom stereocenters. The number of anilines is 1. The lowest BCUT2D eigenvalue weighted by molar-refractivity contribution is -0.119. The third-order valence-corrected chi connectivity index (χ3v) is 4.11. The molecule has 3 aromatic rings. The van der Waals surface area contributed by atoms with Gasteiger partial charge in [-0.25, -0.2) is 5.43 Å². The fourth-order valence-corrected chi connectivity index (χ4v) is 2.68. The van der Waals surface area contributed by atoms with E-state index in [1.54, 1.807) is 6.07 Å². The standard InChI is InChI=1S/C20H18BrN3O2/c1-14-5-7-17(8-6-14)22-13-20(25)24-23-12-18-9-10-19(26-18)15-3-2-4-16(21)11-15/h2-12,22H,13H2,1H3,(H,24,25)/b23-12-. The van der Waals surface area contributed by atoms with E-state index in [1.165, 1.54) is 11.8 Å². The van der Waals surface area contributed by atoms with Gasteiger partial charge in [-0.1, -0.05) is 45.8 Å². The molecule has 0 fully saturated rings. The minimum absolute atomic E-state index is 0.141. The number of rotatable bonds is 6. The van der Waals surface area contributed by atoms with Crippen LogP contribution in [0.3, 0.4) is 0 Å². The molecule has 0 unspecified atom stereocenters. The average Bonchev–Trinajstić information content (AvgIpc) is 3.10. The zero-order valence-corrected chi connectivity index (χ0v) is 15.8. The lowest BCUT2D eigenvalue weighted by atomic mass is 10.2. The fraction of sp³-hybridized carbons (Fsp3) is 0.100. The Morgan fingerprint density at radius 2 is 1.96 bits per heavy atom. The molecule has 0 radical (unpaired) electrons. The van der Waals surface area contributed by atoms with Gasteiger partial charge in [0.15, 0.2) is 0 Å². The monoisotopic (exact) mass is 411 g/mol. The first-order valence-corrected chi connectivity index (χ1v) is 8.88. The number of hydrogen-bond donors (Lipinski definition) is 2. The van der Waals surface area contributed by atoms with Gasteiger partial charge >= 0.3 is 0 Å². The van der Waals surface area contributed by atoms with Crippen LogP contribution in [0, 0.1) is 6.92 Å². The van der Waals surface area contributed by atoms with Crippen molar-refractivity contribution in [3.8, 4) is 11.3 Å². The van der Waals surface area contributed by atoms with Crippen LogP contribution < -0.4 is 10.7 Å². The molecule has 0 bridgehead atoms. The van der Waals surface area contributed by atoms with Crippen LogP contribution >= 0.6 is 15.9 Å². The summed E-state index contributed by atoms with van der Waals surface area (Å²) in [7, 11) is 0. The Balaban J connectivity index is 1.50. The van der Waals surface area contributed by atoms with E-state index in [2.05, 4.69) is 31.8 Å². The van der Waals surface area contributed by atoms with Crippen LogP contribution in [-0.4, -0.2) is 18.7 Å². The number of carbonyl (C=O) groups is 1. The molecule has 1 heterocycles. The number of aryl methyl sites for hydroxylation is 1. The molecule has 26 heavy (non-hydrogen) atoms. The maximum atomic E-state index is 11.8. The maximum Gasteiger partial charge on any atom is 0.259 e. The van der Waals surface area contributed by atoms with Crippen molar-refractivity contribution in [1.82, 2.24) is 5.43 Å². The van der Waals surface area contributed by atoms with Crippen LogP contribution in [0.4, 0.5) is 5.69 Å². The van der Waals surface area contributed by atoms with Gasteiger partial charge in [0.05, 0.1) is 12.8 Å². The Labute approximate surface area is 160 Å². The van der Waals surface area contributed by atoms with E-state index in [0.29, 0.717) is 5.76 Å². The molecule has 5 nitrogen and oxygen atoms in total. The van der Waals surface area contributed by atoms with Crippen molar-refractivity contribution in [2.24, 2.45) is 5.10 Å². The van der Waals surface area contributed by atoms with Crippen molar-refractivity contribution in [1.29, 1.82) is 0 Å². The number of halogens is 1. The van der Waals surface area contributed by atoms with Crippen molar-refractivity contribution < 1.29 is 9.21 Å². The van der Waals surface area contributed by atoms with Crippen LogP contribution in [0.5, 0.6) is 0 Å². The third kappa shape index (κ3) is 5.07. The van der Waals surface area contributed by atoms with Crippen molar-refractivity contribution in [2.75, 3.05) is 11.9 Å². The van der Waals surface area contributed by atoms with Crippen LogP contribution in [0.1, 0.15) is 11.3 Å². The van der Waals surface area contributed by atoms with Crippen LogP contribution in [0.2, 0.25) is 0 Å². The Morgan fingerprint density at radius 3 is 2.73 bits per heavy atom. The number of carbonyl (C=O) groups excluding carboxylic acids is 1. The summed E-state index contributed by atoms with van der Waals surface area (Å²) in [5.74, 6) is 1.06. The number of amides is 1. The highest BCUT2D eigenvalue weighted by atomic mass is 79.9. The molecule has 0 aliphatic heterocycles. The molecule has 6 heteroatoms. The summed E-state index contributed by atoms with van der Waals surface area (Å²) >= 11 is 3.44. The molecule has 2 N–H and O–H groups in total. The van der Waals surface area contributed by atoms with Crippen LogP contribution in [-0.2, 0) is 4.79 Å². The number of hydrazone groups is 1. The Morgan fingerprint density at radius 1 is 1.15 bits per heavy atom. The van der Waals surface area contributed by atoms with Crippen molar-refractivity contribution in [3.63, 3.8) is 0 Å². The van der Waals surface area contributed by atoms with E-state index >= 15 is 0 Å². The normalized spacial score (nSPS) is 10.8. The third-order valence-electron chi connectivity index (χ3n) is 3.62. The van der Waals surface area contributed by atoms with Gasteiger partial charge in [0.1, 0.15) is 11.5 Å². The average molecular weight is 412 g/mol. The smallest absolute Gasteiger partial charge is 0.259 e. The molecule has 3 rings (SSSR count). The molecule has 1 aromatic heterocycles. The number of furan rings is 1. The maximum absolute atomic E-state index is 11.8. The first-order valence-electron chi connectivity index (χ1n) is 8.08. The largest absolute Gasteiger partial charge is 0.455 e. The number of nitrogens with one attached hydrogen (secondary N) is 2. The zero-order chi connectivity index (χ0) is 18.4. The van der Waals surface area contributed by atoms with Crippen molar-refractivity contribution >= 4 is 33.7 Å². The summed E-state index contributed by atoms with van der Waals surface area (Å²) in [6.07, 6.45) is 1.48. The van der Waals surface area contributed by atoms with Gasteiger partial charge in [0.2, 0.25) is 0 Å². The minimum Gasteiger partial charge on any atom is -0.455 e. The summed E-state index contributed by atoms with van der Waals surface area (Å²) in [4.78, 5) is 11.8. The highest BCUT2D eigenvalue weighted by Crippen LogP contribution is 2.24. The molecule has 0 aliphatic rings. The van der Waals surface area contributed by atoms with Gasteiger partial charge in [-0.2, -0.15) is 5.10 Å². The van der Waals surface area contributed by atoms with E-state index in [-0.39, 0.29) is 12.5 Å². The zero-order valence-electron chi connectivity index (χ0n) is 14.2. The molecule has 1 amide bonds. The molecule has 0 saturated heterocycles. The molecular formula is C20H18BrN3O2. The first kappa shape index (κ1) is 17.9. The van der Waals surface area contributed by atoms with Gasteiger partial charge in [0.25, 0.3) is 5.91 Å². The first-order chi connectivity index (χ1) is 12.6. The molecule has 132 valence electrons. The Bertz CT molecular complexity index is 917. The van der Waals surface area contributed by atoms with E-state index < -0.39 is 0 Å². The Kier molecular flexibility index (Phi) is 5.86. The van der Waals surface area contributed by atoms with E-state index in [0.717, 1.165) is 21.5 Å². The molecule has 2 aromatic carbocycles. The quantitative estimate of drug-likeness (QED) is 0.460. The van der Waals surface area contributed by atoms with Crippen molar-refractivity contribution in [2.45, 2.75) is 6.92 Å². The molecule has 0 saturated carbocycles. The summed E-state index contributed by atoms with van der Waals surface area (Å²) in [6.45, 7) is 2.16. The predicted octanol–water partition coefficient (Wildman–Crippen LogP) is 4.58. The molecule has 0 aliphatic carbocycles. The number of nitrogens with zero attached hydrogens (tertiary/aromatic N) is 1. The van der Waals surface area contributed by atoms with E-state index in [4.69, 9.17) is 4.42 Å². The van der Waals surface area contributed by atoms with Gasteiger partial charge in [-0.05, 0) is 43.3 Å². The molecular weight excluding hydrogens is 394 g/mol. The fourth-order valence-electron chi connectivity index (χ4n) is 2.28. The highest BCUT2D eigenvalue weighted by molar-refractivity contribution is 9.10. The summed E-state index contributed by atoms with van der Waals surface area (Å²) in [5.41, 5.74) is 5.49. The summed E-state index contributed by atoms with van der Waals surface area (Å²) in [6, 6.07) is 19.3. The second kappa shape index (κ2) is 8.49. The SMILES string of the molecule is Cc1ccc(NCC(=O)N/N=C\c2ccc(-c3cccc(Br)c3)o2)cc1. The minimum atomic E-state index is -0.236. The lowest BCUT2D eigenvalue weighted by Crippen LogP contribution is -2.25. The number of hydrogen-bond acceptors (Lipinski definition) is 4. The molecule has 0 spiro atoms. The van der Waals surface area contributed by atoms with Gasteiger partial charge in [-0.3, -0.25) is 4.79 Å². The van der Waals surface area contributed by atoms with Gasteiger partial charge in [0, 0.05) is 15.7 Å². The van der Waals surface area contributed by atoms with Crippen LogP contribution in [0.25, 0.3) is 11.3 Å². The van der Waals surface area contributed by atoms with Gasteiger partial charge < -0.3 is 9.73 Å². The predicted molar refractivity (Wildman–Crippen MR) is 107 cm³/mol. The summed E-state index contributed by atoms with van der Waals surface area (Å²) < 4.78 is 6.69. The Hall–Kier alpha value is -2.86. The van der Waals surface area contributed by atoms with Crippen molar-refractivity contribution in [3.05, 3.63) is 76.5 Å². The second-order valence-electron chi connectivity index (χ2n) is 5.73. The van der Waals surface area contributed by atoms with Crippen LogP contribution in [0.15, 0.2) is 74.7 Å². The lowest BCUT2D eigenvalue weighted by Gasteiger charge is -2.05. The summed E-state index contributed by atoms with van der Waals surface area (Å²) in [5, 5.41) is 6.96. The van der Waals surface area contributed by atoms with Gasteiger partial charge in [-0.15, -0.1) is 0 Å².